The molecule has 4 nitrogen and oxygen atoms in total. The summed E-state index contributed by atoms with van der Waals surface area (Å²) in [7, 11) is 0. The number of aromatic nitrogens is 1. The number of benzene rings is 2. The Kier molecular flexibility index (Phi) is 4.95. The van der Waals surface area contributed by atoms with Crippen molar-refractivity contribution in [2.24, 2.45) is 0 Å². The molecule has 126 valence electrons. The third-order valence-corrected chi connectivity index (χ3v) is 4.03. The molecular formula is C19H15ClFN3O. The molecule has 3 aromatic rings. The molecule has 0 unspecified atom stereocenters. The van der Waals surface area contributed by atoms with Gasteiger partial charge in [-0.25, -0.2) is 9.37 Å². The predicted molar refractivity (Wildman–Crippen MR) is 98.1 cm³/mol. The van der Waals surface area contributed by atoms with Crippen LogP contribution in [0.5, 0.6) is 0 Å². The normalized spacial score (nSPS) is 10.4. The Labute approximate surface area is 149 Å². The Morgan fingerprint density at radius 2 is 1.88 bits per heavy atom. The summed E-state index contributed by atoms with van der Waals surface area (Å²) in [4.78, 5) is 16.4. The molecule has 1 heterocycles. The predicted octanol–water partition coefficient (Wildman–Crippen LogP) is 5.18. The van der Waals surface area contributed by atoms with E-state index in [2.05, 4.69) is 15.6 Å². The molecule has 1 aromatic heterocycles. The average molecular weight is 356 g/mol. The highest BCUT2D eigenvalue weighted by Crippen LogP contribution is 2.23. The van der Waals surface area contributed by atoms with Gasteiger partial charge in [0.25, 0.3) is 5.91 Å². The summed E-state index contributed by atoms with van der Waals surface area (Å²) in [6, 6.07) is 14.7. The first kappa shape index (κ1) is 16.9. The van der Waals surface area contributed by atoms with Crippen LogP contribution in [0.2, 0.25) is 5.02 Å². The quantitative estimate of drug-likeness (QED) is 0.678. The Morgan fingerprint density at radius 3 is 2.60 bits per heavy atom. The Balaban J connectivity index is 1.71. The highest BCUT2D eigenvalue weighted by molar-refractivity contribution is 6.31. The first-order valence-corrected chi connectivity index (χ1v) is 7.96. The van der Waals surface area contributed by atoms with Crippen LogP contribution in [0.4, 0.5) is 21.5 Å². The first-order chi connectivity index (χ1) is 12.0. The number of anilines is 3. The van der Waals surface area contributed by atoms with Crippen molar-refractivity contribution in [3.05, 3.63) is 82.9 Å². The van der Waals surface area contributed by atoms with E-state index < -0.39 is 0 Å². The summed E-state index contributed by atoms with van der Waals surface area (Å²) < 4.78 is 13.2. The highest BCUT2D eigenvalue weighted by Gasteiger charge is 2.10. The molecule has 0 radical (unpaired) electrons. The van der Waals surface area contributed by atoms with E-state index in [1.165, 1.54) is 18.3 Å². The van der Waals surface area contributed by atoms with Crippen LogP contribution in [0.3, 0.4) is 0 Å². The lowest BCUT2D eigenvalue weighted by Gasteiger charge is -2.10. The number of hydrogen-bond donors (Lipinski definition) is 2. The zero-order valence-corrected chi connectivity index (χ0v) is 14.1. The second-order valence-electron chi connectivity index (χ2n) is 5.43. The molecule has 3 rings (SSSR count). The van der Waals surface area contributed by atoms with Crippen molar-refractivity contribution in [3.8, 4) is 0 Å². The summed E-state index contributed by atoms with van der Waals surface area (Å²) in [6.07, 6.45) is 1.52. The number of halogens is 2. The molecule has 0 saturated carbocycles. The molecule has 0 aliphatic heterocycles. The van der Waals surface area contributed by atoms with Crippen LogP contribution in [0, 0.1) is 12.7 Å². The molecule has 0 bridgehead atoms. The van der Waals surface area contributed by atoms with Crippen LogP contribution in [-0.4, -0.2) is 10.9 Å². The smallest absolute Gasteiger partial charge is 0.274 e. The van der Waals surface area contributed by atoms with Crippen LogP contribution in [-0.2, 0) is 0 Å². The fourth-order valence-corrected chi connectivity index (χ4v) is 2.44. The molecule has 0 saturated heterocycles. The highest BCUT2D eigenvalue weighted by atomic mass is 35.5. The summed E-state index contributed by atoms with van der Waals surface area (Å²) in [5.41, 5.74) is 2.96. The second kappa shape index (κ2) is 7.32. The fourth-order valence-electron chi connectivity index (χ4n) is 2.26. The van der Waals surface area contributed by atoms with Gasteiger partial charge in [0, 0.05) is 16.4 Å². The minimum absolute atomic E-state index is 0.268. The number of carbonyl (C=O) groups excluding carboxylic acids is 1. The van der Waals surface area contributed by atoms with E-state index in [0.717, 1.165) is 5.56 Å². The molecular weight excluding hydrogens is 341 g/mol. The van der Waals surface area contributed by atoms with Gasteiger partial charge in [-0.2, -0.15) is 0 Å². The van der Waals surface area contributed by atoms with Crippen molar-refractivity contribution in [1.82, 2.24) is 4.98 Å². The number of amides is 1. The van der Waals surface area contributed by atoms with Gasteiger partial charge in [0.1, 0.15) is 11.5 Å². The number of nitrogens with one attached hydrogen (secondary N) is 2. The van der Waals surface area contributed by atoms with Crippen LogP contribution in [0.25, 0.3) is 0 Å². The standard InChI is InChI=1S/C19H15ClFN3O/c1-12-16(20)6-3-7-17(12)24-19(25)18-9-8-15(11-22-18)23-14-5-2-4-13(21)10-14/h2-11,23H,1H3,(H,24,25). The van der Waals surface area contributed by atoms with Crippen LogP contribution in [0.1, 0.15) is 16.1 Å². The van der Waals surface area contributed by atoms with E-state index in [-0.39, 0.29) is 17.4 Å². The molecule has 2 N–H and O–H groups in total. The third kappa shape index (κ3) is 4.14. The summed E-state index contributed by atoms with van der Waals surface area (Å²) in [6.45, 7) is 1.83. The van der Waals surface area contributed by atoms with Gasteiger partial charge in [0.05, 0.1) is 11.9 Å². The van der Waals surface area contributed by atoms with Gasteiger partial charge in [-0.1, -0.05) is 23.7 Å². The third-order valence-electron chi connectivity index (χ3n) is 3.63. The monoisotopic (exact) mass is 355 g/mol. The molecule has 1 amide bonds. The molecule has 0 spiro atoms. The molecule has 0 atom stereocenters. The van der Waals surface area contributed by atoms with E-state index in [0.29, 0.717) is 22.1 Å². The largest absolute Gasteiger partial charge is 0.354 e. The average Bonchev–Trinajstić information content (AvgIpc) is 2.59. The molecule has 0 fully saturated rings. The molecule has 0 aliphatic rings. The minimum atomic E-state index is -0.331. The van der Waals surface area contributed by atoms with Gasteiger partial charge < -0.3 is 10.6 Å². The number of nitrogens with zero attached hydrogens (tertiary/aromatic N) is 1. The molecule has 25 heavy (non-hydrogen) atoms. The van der Waals surface area contributed by atoms with Crippen molar-refractivity contribution in [2.45, 2.75) is 6.92 Å². The maximum atomic E-state index is 13.2. The van der Waals surface area contributed by atoms with Crippen LogP contribution in [0.15, 0.2) is 60.8 Å². The zero-order chi connectivity index (χ0) is 17.8. The van der Waals surface area contributed by atoms with Gasteiger partial charge in [-0.05, 0) is 55.0 Å². The van der Waals surface area contributed by atoms with Crippen molar-refractivity contribution < 1.29 is 9.18 Å². The van der Waals surface area contributed by atoms with Gasteiger partial charge in [0.2, 0.25) is 0 Å². The topological polar surface area (TPSA) is 54.0 Å². The van der Waals surface area contributed by atoms with Gasteiger partial charge in [0.15, 0.2) is 0 Å². The summed E-state index contributed by atoms with van der Waals surface area (Å²) >= 11 is 6.05. The lowest BCUT2D eigenvalue weighted by molar-refractivity contribution is 0.102. The zero-order valence-electron chi connectivity index (χ0n) is 13.4. The Bertz CT molecular complexity index is 913. The van der Waals surface area contributed by atoms with Crippen LogP contribution >= 0.6 is 11.6 Å². The van der Waals surface area contributed by atoms with Crippen molar-refractivity contribution in [1.29, 1.82) is 0 Å². The summed E-state index contributed by atoms with van der Waals surface area (Å²) in [5, 5.41) is 6.40. The van der Waals surface area contributed by atoms with E-state index in [1.54, 1.807) is 42.5 Å². The van der Waals surface area contributed by atoms with Gasteiger partial charge >= 0.3 is 0 Å². The van der Waals surface area contributed by atoms with Crippen molar-refractivity contribution >= 4 is 34.6 Å². The maximum absolute atomic E-state index is 13.2. The van der Waals surface area contributed by atoms with Crippen LogP contribution < -0.4 is 10.6 Å². The van der Waals surface area contributed by atoms with Gasteiger partial charge in [-0.3, -0.25) is 4.79 Å². The Morgan fingerprint density at radius 1 is 1.08 bits per heavy atom. The van der Waals surface area contributed by atoms with E-state index in [9.17, 15) is 9.18 Å². The fraction of sp³-hybridized carbons (Fsp3) is 0.0526. The first-order valence-electron chi connectivity index (χ1n) is 7.58. The Hall–Kier alpha value is -2.92. The van der Waals surface area contributed by atoms with E-state index >= 15 is 0 Å². The summed E-state index contributed by atoms with van der Waals surface area (Å²) in [5.74, 6) is -0.659. The minimum Gasteiger partial charge on any atom is -0.354 e. The number of hydrogen-bond acceptors (Lipinski definition) is 3. The number of carbonyl (C=O) groups is 1. The van der Waals surface area contributed by atoms with Crippen molar-refractivity contribution in [3.63, 3.8) is 0 Å². The van der Waals surface area contributed by atoms with Crippen molar-refractivity contribution in [2.75, 3.05) is 10.6 Å². The van der Waals surface area contributed by atoms with Gasteiger partial charge in [-0.15, -0.1) is 0 Å². The maximum Gasteiger partial charge on any atom is 0.274 e. The molecule has 0 aliphatic carbocycles. The lowest BCUT2D eigenvalue weighted by atomic mass is 10.2. The van der Waals surface area contributed by atoms with E-state index in [1.807, 2.05) is 6.92 Å². The number of rotatable bonds is 4. The molecule has 6 heteroatoms. The number of pyridine rings is 1. The SMILES string of the molecule is Cc1c(Cl)cccc1NC(=O)c1ccc(Nc2cccc(F)c2)cn1. The lowest BCUT2D eigenvalue weighted by Crippen LogP contribution is -2.14. The molecule has 2 aromatic carbocycles. The second-order valence-corrected chi connectivity index (χ2v) is 5.84. The van der Waals surface area contributed by atoms with E-state index in [4.69, 9.17) is 11.6 Å².